The highest BCUT2D eigenvalue weighted by Gasteiger charge is 2.43. The molecule has 1 aromatic rings. The van der Waals surface area contributed by atoms with E-state index in [-0.39, 0.29) is 5.41 Å². The van der Waals surface area contributed by atoms with Crippen molar-refractivity contribution in [2.75, 3.05) is 0 Å². The van der Waals surface area contributed by atoms with Crippen molar-refractivity contribution in [3.8, 4) is 0 Å². The molecule has 2 atom stereocenters. The van der Waals surface area contributed by atoms with Crippen LogP contribution in [0.25, 0.3) is 0 Å². The average Bonchev–Trinajstić information content (AvgIpc) is 2.24. The first-order valence-electron chi connectivity index (χ1n) is 7.00. The summed E-state index contributed by atoms with van der Waals surface area (Å²) in [6.45, 7) is 14.1. The normalized spacial score (nSPS) is 24.8. The summed E-state index contributed by atoms with van der Waals surface area (Å²) >= 11 is 0. The van der Waals surface area contributed by atoms with Gasteiger partial charge in [-0.2, -0.15) is 0 Å². The van der Waals surface area contributed by atoms with Gasteiger partial charge in [-0.25, -0.2) is 9.97 Å². The summed E-state index contributed by atoms with van der Waals surface area (Å²) in [4.78, 5) is 8.81. The van der Waals surface area contributed by atoms with E-state index in [9.17, 15) is 0 Å². The molecule has 0 aliphatic heterocycles. The van der Waals surface area contributed by atoms with Gasteiger partial charge in [0, 0.05) is 12.1 Å². The van der Waals surface area contributed by atoms with Crippen LogP contribution in [-0.2, 0) is 6.42 Å². The maximum Gasteiger partial charge on any atom is 0.115 e. The summed E-state index contributed by atoms with van der Waals surface area (Å²) in [7, 11) is 0. The summed E-state index contributed by atoms with van der Waals surface area (Å²) in [5.74, 6) is 1.23. The lowest BCUT2D eigenvalue weighted by Gasteiger charge is -2.46. The van der Waals surface area contributed by atoms with Gasteiger partial charge in [0.15, 0.2) is 0 Å². The number of hydrogen-bond acceptors (Lipinski definition) is 2. The van der Waals surface area contributed by atoms with E-state index in [1.807, 2.05) is 6.20 Å². The first-order valence-corrected chi connectivity index (χ1v) is 7.00. The Morgan fingerprint density at radius 1 is 1.06 bits per heavy atom. The predicted molar refractivity (Wildman–Crippen MR) is 75.5 cm³/mol. The second kappa shape index (κ2) is 4.32. The molecule has 0 amide bonds. The number of hydrogen-bond donors (Lipinski definition) is 0. The summed E-state index contributed by atoms with van der Waals surface area (Å²) < 4.78 is 0. The van der Waals surface area contributed by atoms with Gasteiger partial charge in [0.05, 0.1) is 5.69 Å². The lowest BCUT2D eigenvalue weighted by Crippen LogP contribution is -2.38. The van der Waals surface area contributed by atoms with E-state index in [1.165, 1.54) is 17.7 Å². The molecule has 2 unspecified atom stereocenters. The van der Waals surface area contributed by atoms with Crippen molar-refractivity contribution in [2.24, 2.45) is 16.7 Å². The Kier molecular flexibility index (Phi) is 3.25. The monoisotopic (exact) mass is 246 g/mol. The first kappa shape index (κ1) is 13.5. The molecule has 100 valence electrons. The molecule has 1 aromatic heterocycles. The van der Waals surface area contributed by atoms with Crippen LogP contribution in [0.1, 0.15) is 65.1 Å². The van der Waals surface area contributed by atoms with Crippen LogP contribution in [0.4, 0.5) is 0 Å². The topological polar surface area (TPSA) is 25.8 Å². The Balaban J connectivity index is 2.50. The minimum atomic E-state index is 0.251. The van der Waals surface area contributed by atoms with E-state index >= 15 is 0 Å². The fraction of sp³-hybridized carbons (Fsp3) is 0.750. The lowest BCUT2D eigenvalue weighted by atomic mass is 9.58. The molecule has 0 saturated carbocycles. The van der Waals surface area contributed by atoms with Crippen molar-refractivity contribution in [2.45, 2.75) is 60.3 Å². The van der Waals surface area contributed by atoms with Crippen molar-refractivity contribution in [1.29, 1.82) is 0 Å². The van der Waals surface area contributed by atoms with Crippen molar-refractivity contribution < 1.29 is 0 Å². The quantitative estimate of drug-likeness (QED) is 0.685. The van der Waals surface area contributed by atoms with Gasteiger partial charge in [-0.05, 0) is 35.2 Å². The van der Waals surface area contributed by atoms with Gasteiger partial charge in [0.25, 0.3) is 0 Å². The van der Waals surface area contributed by atoms with Crippen molar-refractivity contribution in [3.63, 3.8) is 0 Å². The molecule has 0 aromatic carbocycles. The molecule has 1 aliphatic rings. The standard InChI is InChI=1S/C16H26N2/c1-15(2,3)12-8-7-11-9-17-10-18-14(11)13(12)16(4,5)6/h9-10,12-13H,7-8H2,1-6H3. The molecular weight excluding hydrogens is 220 g/mol. The maximum absolute atomic E-state index is 4.62. The van der Waals surface area contributed by atoms with Crippen LogP contribution in [0, 0.1) is 16.7 Å². The molecule has 0 fully saturated rings. The highest BCUT2D eigenvalue weighted by atomic mass is 14.8. The van der Waals surface area contributed by atoms with Gasteiger partial charge in [-0.3, -0.25) is 0 Å². The third kappa shape index (κ3) is 2.43. The van der Waals surface area contributed by atoms with E-state index in [4.69, 9.17) is 0 Å². The summed E-state index contributed by atoms with van der Waals surface area (Å²) in [6, 6.07) is 0. The van der Waals surface area contributed by atoms with Gasteiger partial charge in [-0.15, -0.1) is 0 Å². The first-order chi connectivity index (χ1) is 8.21. The summed E-state index contributed by atoms with van der Waals surface area (Å²) in [5, 5.41) is 0. The Morgan fingerprint density at radius 3 is 2.28 bits per heavy atom. The molecule has 0 radical (unpaired) electrons. The molecular formula is C16H26N2. The van der Waals surface area contributed by atoms with E-state index in [0.717, 1.165) is 6.42 Å². The Labute approximate surface area is 111 Å². The van der Waals surface area contributed by atoms with E-state index < -0.39 is 0 Å². The van der Waals surface area contributed by atoms with Crippen molar-refractivity contribution in [1.82, 2.24) is 9.97 Å². The van der Waals surface area contributed by atoms with Crippen LogP contribution in [0.15, 0.2) is 12.5 Å². The Bertz CT molecular complexity index is 423. The SMILES string of the molecule is CC(C)(C)C1CCc2cncnc2C1C(C)(C)C. The number of fused-ring (bicyclic) bond motifs is 1. The fourth-order valence-corrected chi connectivity index (χ4v) is 3.46. The highest BCUT2D eigenvalue weighted by molar-refractivity contribution is 5.27. The smallest absolute Gasteiger partial charge is 0.115 e. The van der Waals surface area contributed by atoms with E-state index in [0.29, 0.717) is 17.3 Å². The second-order valence-corrected chi connectivity index (χ2v) is 7.79. The van der Waals surface area contributed by atoms with Crippen LogP contribution in [0.5, 0.6) is 0 Å². The van der Waals surface area contributed by atoms with Crippen molar-refractivity contribution in [3.05, 3.63) is 23.8 Å². The molecule has 2 heteroatoms. The molecule has 0 bridgehead atoms. The van der Waals surface area contributed by atoms with Gasteiger partial charge in [0.1, 0.15) is 6.33 Å². The van der Waals surface area contributed by atoms with Crippen LogP contribution >= 0.6 is 0 Å². The maximum atomic E-state index is 4.62. The van der Waals surface area contributed by atoms with Gasteiger partial charge in [0.2, 0.25) is 0 Å². The van der Waals surface area contributed by atoms with E-state index in [1.54, 1.807) is 6.33 Å². The third-order valence-electron chi connectivity index (χ3n) is 4.29. The van der Waals surface area contributed by atoms with Gasteiger partial charge < -0.3 is 0 Å². The molecule has 1 heterocycles. The molecule has 1 aliphatic carbocycles. The van der Waals surface area contributed by atoms with Gasteiger partial charge in [-0.1, -0.05) is 41.5 Å². The number of rotatable bonds is 0. The third-order valence-corrected chi connectivity index (χ3v) is 4.29. The largest absolute Gasteiger partial charge is 0.245 e. The molecule has 18 heavy (non-hydrogen) atoms. The fourth-order valence-electron chi connectivity index (χ4n) is 3.46. The Morgan fingerprint density at radius 2 is 1.72 bits per heavy atom. The minimum absolute atomic E-state index is 0.251. The van der Waals surface area contributed by atoms with Crippen LogP contribution in [0.3, 0.4) is 0 Å². The minimum Gasteiger partial charge on any atom is -0.245 e. The summed E-state index contributed by atoms with van der Waals surface area (Å²) in [5.41, 5.74) is 3.24. The summed E-state index contributed by atoms with van der Waals surface area (Å²) in [6.07, 6.45) is 6.11. The zero-order valence-corrected chi connectivity index (χ0v) is 12.6. The molecule has 2 nitrogen and oxygen atoms in total. The molecule has 0 saturated heterocycles. The van der Waals surface area contributed by atoms with Gasteiger partial charge >= 0.3 is 0 Å². The van der Waals surface area contributed by atoms with Crippen LogP contribution in [-0.4, -0.2) is 9.97 Å². The number of aryl methyl sites for hydroxylation is 1. The van der Waals surface area contributed by atoms with E-state index in [2.05, 4.69) is 51.5 Å². The highest BCUT2D eigenvalue weighted by Crippen LogP contribution is 2.51. The van der Waals surface area contributed by atoms with Crippen LogP contribution in [0.2, 0.25) is 0 Å². The zero-order chi connectivity index (χ0) is 13.6. The molecule has 0 spiro atoms. The number of aromatic nitrogens is 2. The second-order valence-electron chi connectivity index (χ2n) is 7.79. The predicted octanol–water partition coefficient (Wildman–Crippen LogP) is 4.21. The lowest BCUT2D eigenvalue weighted by molar-refractivity contribution is 0.105. The molecule has 0 N–H and O–H groups in total. The zero-order valence-electron chi connectivity index (χ0n) is 12.6. The van der Waals surface area contributed by atoms with Crippen molar-refractivity contribution >= 4 is 0 Å². The average molecular weight is 246 g/mol. The Hall–Kier alpha value is -0.920. The number of nitrogens with zero attached hydrogens (tertiary/aromatic N) is 2. The molecule has 2 rings (SSSR count). The van der Waals surface area contributed by atoms with Crippen LogP contribution < -0.4 is 0 Å².